The smallest absolute Gasteiger partial charge is 0.187 e. The van der Waals surface area contributed by atoms with Crippen LogP contribution in [0.1, 0.15) is 5.56 Å². The van der Waals surface area contributed by atoms with Gasteiger partial charge in [-0.1, -0.05) is 30.3 Å². The number of aliphatic hydroxyl groups excluding tert-OH is 5. The van der Waals surface area contributed by atoms with E-state index in [0.29, 0.717) is 0 Å². The summed E-state index contributed by atoms with van der Waals surface area (Å²) in [6, 6.07) is 9.12. The molecule has 2 heterocycles. The second-order valence-corrected chi connectivity index (χ2v) is 6.99. The summed E-state index contributed by atoms with van der Waals surface area (Å²) in [5.41, 5.74) is -1.09. The first kappa shape index (κ1) is 21.5. The number of hydrogen-bond acceptors (Lipinski definition) is 10. The summed E-state index contributed by atoms with van der Waals surface area (Å²) in [5.74, 6) is 0. The SMILES string of the molecule is OCC1OC(OCc2ccccc2)C(OC2OCC(O)(CO)C2O)C(O)C1O. The molecule has 8 atom stereocenters. The number of aliphatic hydroxyl groups is 6. The van der Waals surface area contributed by atoms with Crippen LogP contribution in [-0.2, 0) is 25.6 Å². The number of rotatable bonds is 7. The zero-order valence-corrected chi connectivity index (χ0v) is 15.1. The predicted octanol–water partition coefficient (Wildman–Crippen LogP) is -2.53. The van der Waals surface area contributed by atoms with Gasteiger partial charge in [-0.05, 0) is 5.56 Å². The molecule has 0 aliphatic carbocycles. The molecular weight excluding hydrogens is 376 g/mol. The Morgan fingerprint density at radius 2 is 1.75 bits per heavy atom. The van der Waals surface area contributed by atoms with Crippen molar-refractivity contribution in [3.63, 3.8) is 0 Å². The molecule has 0 saturated carbocycles. The monoisotopic (exact) mass is 402 g/mol. The number of hydrogen-bond donors (Lipinski definition) is 6. The van der Waals surface area contributed by atoms with Gasteiger partial charge < -0.3 is 49.6 Å². The topological polar surface area (TPSA) is 158 Å². The molecule has 1 aromatic rings. The van der Waals surface area contributed by atoms with E-state index in [0.717, 1.165) is 5.56 Å². The van der Waals surface area contributed by atoms with Gasteiger partial charge in [-0.3, -0.25) is 0 Å². The molecule has 1 aromatic carbocycles. The minimum Gasteiger partial charge on any atom is -0.394 e. The molecular formula is C18H26O10. The molecule has 0 aromatic heterocycles. The van der Waals surface area contributed by atoms with Gasteiger partial charge in [-0.25, -0.2) is 0 Å². The van der Waals surface area contributed by atoms with Gasteiger partial charge in [0, 0.05) is 0 Å². The third-order valence-electron chi connectivity index (χ3n) is 4.95. The van der Waals surface area contributed by atoms with E-state index in [1.807, 2.05) is 30.3 Å². The fourth-order valence-electron chi connectivity index (χ4n) is 3.15. The second-order valence-electron chi connectivity index (χ2n) is 6.99. The maximum Gasteiger partial charge on any atom is 0.187 e. The molecule has 0 spiro atoms. The van der Waals surface area contributed by atoms with Crippen LogP contribution in [0.4, 0.5) is 0 Å². The summed E-state index contributed by atoms with van der Waals surface area (Å²) in [4.78, 5) is 0. The molecule has 0 bridgehead atoms. The molecule has 2 saturated heterocycles. The van der Waals surface area contributed by atoms with Crippen molar-refractivity contribution in [2.45, 2.75) is 55.3 Å². The molecule has 158 valence electrons. The van der Waals surface area contributed by atoms with Gasteiger partial charge in [0.2, 0.25) is 0 Å². The van der Waals surface area contributed by atoms with Crippen molar-refractivity contribution in [1.29, 1.82) is 0 Å². The van der Waals surface area contributed by atoms with Gasteiger partial charge in [0.15, 0.2) is 12.6 Å². The largest absolute Gasteiger partial charge is 0.394 e. The highest BCUT2D eigenvalue weighted by atomic mass is 16.8. The first-order valence-corrected chi connectivity index (χ1v) is 8.96. The Balaban J connectivity index is 1.72. The van der Waals surface area contributed by atoms with E-state index in [1.54, 1.807) is 0 Å². The minimum atomic E-state index is -1.90. The van der Waals surface area contributed by atoms with E-state index in [2.05, 4.69) is 0 Å². The average molecular weight is 402 g/mol. The van der Waals surface area contributed by atoms with E-state index in [-0.39, 0.29) is 13.2 Å². The lowest BCUT2D eigenvalue weighted by atomic mass is 9.98. The normalized spacial score (nSPS) is 41.3. The number of ether oxygens (including phenoxy) is 4. The van der Waals surface area contributed by atoms with Crippen molar-refractivity contribution in [2.75, 3.05) is 19.8 Å². The van der Waals surface area contributed by atoms with Crippen molar-refractivity contribution in [3.8, 4) is 0 Å². The molecule has 2 aliphatic rings. The van der Waals surface area contributed by atoms with Crippen LogP contribution in [0, 0.1) is 0 Å². The average Bonchev–Trinajstić information content (AvgIpc) is 3.00. The first-order chi connectivity index (χ1) is 13.4. The van der Waals surface area contributed by atoms with Crippen LogP contribution in [0.5, 0.6) is 0 Å². The molecule has 3 rings (SSSR count). The van der Waals surface area contributed by atoms with Crippen LogP contribution < -0.4 is 0 Å². The molecule has 10 heteroatoms. The van der Waals surface area contributed by atoms with Crippen LogP contribution in [0.2, 0.25) is 0 Å². The fraction of sp³-hybridized carbons (Fsp3) is 0.667. The Morgan fingerprint density at radius 3 is 2.36 bits per heavy atom. The molecule has 0 amide bonds. The molecule has 10 nitrogen and oxygen atoms in total. The highest BCUT2D eigenvalue weighted by Gasteiger charge is 2.53. The molecule has 6 N–H and O–H groups in total. The highest BCUT2D eigenvalue weighted by Crippen LogP contribution is 2.31. The summed E-state index contributed by atoms with van der Waals surface area (Å²) in [6.45, 7) is -1.58. The molecule has 2 fully saturated rings. The third-order valence-corrected chi connectivity index (χ3v) is 4.95. The Morgan fingerprint density at radius 1 is 1.04 bits per heavy atom. The third kappa shape index (κ3) is 4.36. The zero-order chi connectivity index (χ0) is 20.3. The van der Waals surface area contributed by atoms with Crippen molar-refractivity contribution < 1.29 is 49.6 Å². The van der Waals surface area contributed by atoms with E-state index in [1.165, 1.54) is 0 Å². The Labute approximate surface area is 161 Å². The van der Waals surface area contributed by atoms with E-state index < -0.39 is 61.9 Å². The van der Waals surface area contributed by atoms with Crippen molar-refractivity contribution in [3.05, 3.63) is 35.9 Å². The first-order valence-electron chi connectivity index (χ1n) is 8.96. The van der Waals surface area contributed by atoms with Gasteiger partial charge in [0.1, 0.15) is 36.1 Å². The van der Waals surface area contributed by atoms with Crippen LogP contribution in [0.25, 0.3) is 0 Å². The minimum absolute atomic E-state index is 0.0982. The van der Waals surface area contributed by atoms with E-state index in [9.17, 15) is 30.6 Å². The van der Waals surface area contributed by atoms with Gasteiger partial charge in [-0.15, -0.1) is 0 Å². The predicted molar refractivity (Wildman–Crippen MR) is 91.6 cm³/mol. The van der Waals surface area contributed by atoms with Crippen molar-refractivity contribution in [1.82, 2.24) is 0 Å². The number of benzene rings is 1. The van der Waals surface area contributed by atoms with Crippen LogP contribution >= 0.6 is 0 Å². The summed E-state index contributed by atoms with van der Waals surface area (Å²) in [7, 11) is 0. The molecule has 0 radical (unpaired) electrons. The quantitative estimate of drug-likeness (QED) is 0.287. The van der Waals surface area contributed by atoms with Crippen molar-refractivity contribution >= 4 is 0 Å². The lowest BCUT2D eigenvalue weighted by Crippen LogP contribution is -2.61. The Bertz CT molecular complexity index is 616. The highest BCUT2D eigenvalue weighted by molar-refractivity contribution is 5.13. The van der Waals surface area contributed by atoms with E-state index in [4.69, 9.17) is 18.9 Å². The fourth-order valence-corrected chi connectivity index (χ4v) is 3.15. The maximum absolute atomic E-state index is 10.4. The summed E-state index contributed by atoms with van der Waals surface area (Å²) < 4.78 is 21.9. The van der Waals surface area contributed by atoms with Crippen molar-refractivity contribution in [2.24, 2.45) is 0 Å². The summed E-state index contributed by atoms with van der Waals surface area (Å²) in [6.07, 6.45) is -9.56. The Kier molecular flexibility index (Phi) is 6.99. The molecule has 2 aliphatic heterocycles. The van der Waals surface area contributed by atoms with Gasteiger partial charge >= 0.3 is 0 Å². The maximum atomic E-state index is 10.4. The van der Waals surface area contributed by atoms with Gasteiger partial charge in [-0.2, -0.15) is 0 Å². The summed E-state index contributed by atoms with van der Waals surface area (Å²) >= 11 is 0. The van der Waals surface area contributed by atoms with E-state index >= 15 is 0 Å². The summed E-state index contributed by atoms with van der Waals surface area (Å²) in [5, 5.41) is 59.4. The molecule has 28 heavy (non-hydrogen) atoms. The lowest BCUT2D eigenvalue weighted by Gasteiger charge is -2.42. The molecule has 8 unspecified atom stereocenters. The second kappa shape index (κ2) is 9.09. The van der Waals surface area contributed by atoms with Crippen LogP contribution in [-0.4, -0.2) is 99.2 Å². The van der Waals surface area contributed by atoms with Gasteiger partial charge in [0.05, 0.1) is 26.4 Å². The van der Waals surface area contributed by atoms with Gasteiger partial charge in [0.25, 0.3) is 0 Å². The Hall–Kier alpha value is -1.18. The van der Waals surface area contributed by atoms with Crippen LogP contribution in [0.3, 0.4) is 0 Å². The zero-order valence-electron chi connectivity index (χ0n) is 15.1. The van der Waals surface area contributed by atoms with Crippen LogP contribution in [0.15, 0.2) is 30.3 Å². The standard InChI is InChI=1S/C18H26O10/c19-6-11-12(21)13(22)14(28-17-15(23)18(24,8-20)9-26-17)16(27-11)25-7-10-4-2-1-3-5-10/h1-5,11-17,19-24H,6-9H2. The lowest BCUT2D eigenvalue weighted by molar-refractivity contribution is -0.338.